The fraction of sp³-hybridized carbons (Fsp3) is 0.364. The van der Waals surface area contributed by atoms with E-state index in [0.29, 0.717) is 36.4 Å². The standard InChI is InChI=1S/C22H28N3O5P/c1-6-29-31(26,30-7-2)14-15-8-10-16(11-9-15)21-24-18-13-20(28-5)19(27-4)12-17(18)22(23-3)25-21/h8-13H,6-7,14H2,1-5H3,(H,23,24,25). The number of fused-ring (bicyclic) bond motifs is 1. The minimum absolute atomic E-state index is 0.215. The summed E-state index contributed by atoms with van der Waals surface area (Å²) in [6.45, 7) is 4.27. The van der Waals surface area contributed by atoms with E-state index in [9.17, 15) is 4.57 Å². The average molecular weight is 445 g/mol. The molecule has 9 heteroatoms. The molecule has 0 aliphatic rings. The minimum Gasteiger partial charge on any atom is -0.493 e. The van der Waals surface area contributed by atoms with E-state index in [1.165, 1.54) is 0 Å². The van der Waals surface area contributed by atoms with Crippen LogP contribution in [0.3, 0.4) is 0 Å². The molecule has 3 rings (SSSR count). The summed E-state index contributed by atoms with van der Waals surface area (Å²) >= 11 is 0. The van der Waals surface area contributed by atoms with Gasteiger partial charge < -0.3 is 23.8 Å². The maximum absolute atomic E-state index is 12.8. The zero-order chi connectivity index (χ0) is 22.4. The minimum atomic E-state index is -3.16. The van der Waals surface area contributed by atoms with Crippen LogP contribution in [0.4, 0.5) is 5.82 Å². The van der Waals surface area contributed by atoms with Gasteiger partial charge in [-0.25, -0.2) is 9.97 Å². The number of hydrogen-bond donors (Lipinski definition) is 1. The molecule has 1 N–H and O–H groups in total. The molecule has 1 heterocycles. The number of anilines is 1. The number of nitrogens with one attached hydrogen (secondary N) is 1. The lowest BCUT2D eigenvalue weighted by molar-refractivity contribution is 0.219. The van der Waals surface area contributed by atoms with Crippen molar-refractivity contribution in [1.82, 2.24) is 9.97 Å². The Hall–Kier alpha value is -2.67. The van der Waals surface area contributed by atoms with Crippen molar-refractivity contribution >= 4 is 24.3 Å². The molecule has 2 aromatic carbocycles. The third-order valence-corrected chi connectivity index (χ3v) is 6.73. The number of nitrogens with zero attached hydrogens (tertiary/aromatic N) is 2. The Balaban J connectivity index is 1.97. The van der Waals surface area contributed by atoms with Crippen LogP contribution in [0.15, 0.2) is 36.4 Å². The topological polar surface area (TPSA) is 91.8 Å². The van der Waals surface area contributed by atoms with Crippen LogP contribution in [0.5, 0.6) is 11.5 Å². The summed E-state index contributed by atoms with van der Waals surface area (Å²) in [5.74, 6) is 2.45. The fourth-order valence-electron chi connectivity index (χ4n) is 3.28. The van der Waals surface area contributed by atoms with E-state index in [4.69, 9.17) is 23.5 Å². The maximum atomic E-state index is 12.8. The van der Waals surface area contributed by atoms with Crippen LogP contribution in [-0.4, -0.2) is 44.4 Å². The molecule has 8 nitrogen and oxygen atoms in total. The highest BCUT2D eigenvalue weighted by molar-refractivity contribution is 7.53. The molecule has 166 valence electrons. The van der Waals surface area contributed by atoms with Gasteiger partial charge in [0.05, 0.1) is 39.1 Å². The van der Waals surface area contributed by atoms with Gasteiger partial charge in [-0.15, -0.1) is 0 Å². The van der Waals surface area contributed by atoms with E-state index in [-0.39, 0.29) is 6.16 Å². The summed E-state index contributed by atoms with van der Waals surface area (Å²) in [6, 6.07) is 11.3. The summed E-state index contributed by atoms with van der Waals surface area (Å²) in [6.07, 6.45) is 0.215. The van der Waals surface area contributed by atoms with Crippen molar-refractivity contribution in [3.63, 3.8) is 0 Å². The van der Waals surface area contributed by atoms with Gasteiger partial charge in [0.1, 0.15) is 5.82 Å². The van der Waals surface area contributed by atoms with E-state index >= 15 is 0 Å². The van der Waals surface area contributed by atoms with Gasteiger partial charge >= 0.3 is 7.60 Å². The number of methoxy groups -OCH3 is 2. The Kier molecular flexibility index (Phi) is 7.49. The van der Waals surface area contributed by atoms with Crippen molar-refractivity contribution in [1.29, 1.82) is 0 Å². The number of hydrogen-bond acceptors (Lipinski definition) is 8. The van der Waals surface area contributed by atoms with Gasteiger partial charge in [-0.1, -0.05) is 24.3 Å². The molecule has 0 bridgehead atoms. The van der Waals surface area contributed by atoms with Gasteiger partial charge in [0.25, 0.3) is 0 Å². The largest absolute Gasteiger partial charge is 0.493 e. The van der Waals surface area contributed by atoms with Gasteiger partial charge in [0.2, 0.25) is 0 Å². The molecule has 3 aromatic rings. The first-order valence-electron chi connectivity index (χ1n) is 10.1. The molecule has 0 aliphatic heterocycles. The highest BCUT2D eigenvalue weighted by Crippen LogP contribution is 2.51. The van der Waals surface area contributed by atoms with Gasteiger partial charge in [0.15, 0.2) is 17.3 Å². The molecule has 0 radical (unpaired) electrons. The molecule has 0 fully saturated rings. The second kappa shape index (κ2) is 10.1. The van der Waals surface area contributed by atoms with Crippen LogP contribution < -0.4 is 14.8 Å². The number of benzene rings is 2. The first kappa shape index (κ1) is 23.0. The Morgan fingerprint density at radius 1 is 0.935 bits per heavy atom. The smallest absolute Gasteiger partial charge is 0.335 e. The predicted octanol–water partition coefficient (Wildman–Crippen LogP) is 5.12. The normalized spacial score (nSPS) is 11.5. The summed E-state index contributed by atoms with van der Waals surface area (Å²) in [7, 11) is 1.84. The third kappa shape index (κ3) is 5.15. The van der Waals surface area contributed by atoms with Crippen molar-refractivity contribution in [2.45, 2.75) is 20.0 Å². The average Bonchev–Trinajstić information content (AvgIpc) is 2.78. The van der Waals surface area contributed by atoms with E-state index in [1.807, 2.05) is 43.4 Å². The number of rotatable bonds is 10. The van der Waals surface area contributed by atoms with Gasteiger partial charge in [-0.2, -0.15) is 0 Å². The quantitative estimate of drug-likeness (QED) is 0.430. The fourth-order valence-corrected chi connectivity index (χ4v) is 4.98. The molecule has 1 aromatic heterocycles. The molecule has 0 unspecified atom stereocenters. The van der Waals surface area contributed by atoms with Crippen LogP contribution in [0, 0.1) is 0 Å². The van der Waals surface area contributed by atoms with Crippen LogP contribution in [-0.2, 0) is 19.8 Å². The van der Waals surface area contributed by atoms with Crippen molar-refractivity contribution in [3.05, 3.63) is 42.0 Å². The number of aromatic nitrogens is 2. The van der Waals surface area contributed by atoms with E-state index in [2.05, 4.69) is 10.3 Å². The Morgan fingerprint density at radius 2 is 1.55 bits per heavy atom. The first-order chi connectivity index (χ1) is 15.0. The summed E-state index contributed by atoms with van der Waals surface area (Å²) in [4.78, 5) is 9.37. The maximum Gasteiger partial charge on any atom is 0.335 e. The second-order valence-electron chi connectivity index (χ2n) is 6.67. The van der Waals surface area contributed by atoms with Crippen LogP contribution >= 0.6 is 7.60 Å². The molecular formula is C22H28N3O5P. The van der Waals surface area contributed by atoms with Crippen molar-refractivity contribution in [3.8, 4) is 22.9 Å². The van der Waals surface area contributed by atoms with E-state index in [0.717, 1.165) is 22.0 Å². The second-order valence-corrected chi connectivity index (χ2v) is 8.73. The van der Waals surface area contributed by atoms with Gasteiger partial charge in [-0.05, 0) is 25.5 Å². The van der Waals surface area contributed by atoms with Crippen LogP contribution in [0.25, 0.3) is 22.3 Å². The molecular weight excluding hydrogens is 417 g/mol. The Labute approximate surface area is 182 Å². The first-order valence-corrected chi connectivity index (χ1v) is 11.8. The van der Waals surface area contributed by atoms with E-state index in [1.54, 1.807) is 28.1 Å². The van der Waals surface area contributed by atoms with Crippen molar-refractivity contribution < 1.29 is 23.1 Å². The molecule has 0 aliphatic carbocycles. The van der Waals surface area contributed by atoms with Crippen LogP contribution in [0.2, 0.25) is 0 Å². The molecule has 31 heavy (non-hydrogen) atoms. The highest BCUT2D eigenvalue weighted by Gasteiger charge is 2.24. The van der Waals surface area contributed by atoms with Crippen LogP contribution in [0.1, 0.15) is 19.4 Å². The summed E-state index contributed by atoms with van der Waals surface area (Å²) in [5, 5.41) is 3.95. The Morgan fingerprint density at radius 3 is 2.10 bits per heavy atom. The monoisotopic (exact) mass is 445 g/mol. The highest BCUT2D eigenvalue weighted by atomic mass is 31.2. The molecule has 0 spiro atoms. The lowest BCUT2D eigenvalue weighted by Gasteiger charge is -2.17. The van der Waals surface area contributed by atoms with Crippen molar-refractivity contribution in [2.24, 2.45) is 0 Å². The predicted molar refractivity (Wildman–Crippen MR) is 122 cm³/mol. The molecule has 0 saturated carbocycles. The zero-order valence-corrected chi connectivity index (χ0v) is 19.4. The number of ether oxygens (including phenoxy) is 2. The zero-order valence-electron chi connectivity index (χ0n) is 18.5. The SMILES string of the molecule is CCOP(=O)(Cc1ccc(-c2nc(NC)c3cc(OC)c(OC)cc3n2)cc1)OCC. The van der Waals surface area contributed by atoms with E-state index < -0.39 is 7.60 Å². The van der Waals surface area contributed by atoms with Crippen molar-refractivity contribution in [2.75, 3.05) is 39.8 Å². The molecule has 0 amide bonds. The third-order valence-electron chi connectivity index (χ3n) is 4.68. The Bertz CT molecular complexity index is 1080. The summed E-state index contributed by atoms with van der Waals surface area (Å²) in [5.41, 5.74) is 2.42. The van der Waals surface area contributed by atoms with Gasteiger partial charge in [0, 0.05) is 24.1 Å². The molecule has 0 atom stereocenters. The lowest BCUT2D eigenvalue weighted by atomic mass is 10.1. The van der Waals surface area contributed by atoms with Gasteiger partial charge in [-0.3, -0.25) is 4.57 Å². The molecule has 0 saturated heterocycles. The summed E-state index contributed by atoms with van der Waals surface area (Å²) < 4.78 is 34.4. The lowest BCUT2D eigenvalue weighted by Crippen LogP contribution is -2.01.